The fourth-order valence-electron chi connectivity index (χ4n) is 3.66. The van der Waals surface area contributed by atoms with E-state index in [1.165, 1.54) is 5.69 Å². The molecule has 7 nitrogen and oxygen atoms in total. The SMILES string of the molecule is CCCNC(=O)c1cccc(CNC(=NC)N2CCN(c3cccc(OC)c3)CC2)c1. The second kappa shape index (κ2) is 11.2. The molecule has 1 aliphatic heterocycles. The minimum atomic E-state index is -0.0262. The molecule has 1 aliphatic rings. The summed E-state index contributed by atoms with van der Waals surface area (Å²) in [5.74, 6) is 1.73. The van der Waals surface area contributed by atoms with Gasteiger partial charge in [-0.2, -0.15) is 0 Å². The number of carbonyl (C=O) groups is 1. The summed E-state index contributed by atoms with van der Waals surface area (Å²) in [6, 6.07) is 15.9. The van der Waals surface area contributed by atoms with Crippen LogP contribution in [0.5, 0.6) is 5.75 Å². The molecule has 0 unspecified atom stereocenters. The van der Waals surface area contributed by atoms with Crippen LogP contribution in [0, 0.1) is 0 Å². The third-order valence-corrected chi connectivity index (χ3v) is 5.38. The summed E-state index contributed by atoms with van der Waals surface area (Å²) in [7, 11) is 3.51. The number of rotatable bonds is 7. The fourth-order valence-corrected chi connectivity index (χ4v) is 3.66. The van der Waals surface area contributed by atoms with Crippen molar-refractivity contribution in [3.8, 4) is 5.75 Å². The number of nitrogens with one attached hydrogen (secondary N) is 2. The monoisotopic (exact) mass is 423 g/mol. The highest BCUT2D eigenvalue weighted by Crippen LogP contribution is 2.22. The first kappa shape index (κ1) is 22.5. The van der Waals surface area contributed by atoms with Gasteiger partial charge in [0.05, 0.1) is 7.11 Å². The van der Waals surface area contributed by atoms with Gasteiger partial charge in [-0.25, -0.2) is 0 Å². The Morgan fingerprint density at radius 1 is 1.06 bits per heavy atom. The van der Waals surface area contributed by atoms with Crippen LogP contribution in [0.1, 0.15) is 29.3 Å². The van der Waals surface area contributed by atoms with Gasteiger partial charge in [0.2, 0.25) is 0 Å². The number of guanidine groups is 1. The summed E-state index contributed by atoms with van der Waals surface area (Å²) in [6.45, 7) is 6.96. The van der Waals surface area contributed by atoms with Crippen LogP contribution in [0.4, 0.5) is 5.69 Å². The first-order valence-electron chi connectivity index (χ1n) is 10.9. The van der Waals surface area contributed by atoms with Crippen LogP contribution in [0.2, 0.25) is 0 Å². The summed E-state index contributed by atoms with van der Waals surface area (Å²) in [5, 5.41) is 6.37. The minimum absolute atomic E-state index is 0.0262. The third-order valence-electron chi connectivity index (χ3n) is 5.38. The maximum Gasteiger partial charge on any atom is 0.251 e. The second-order valence-corrected chi connectivity index (χ2v) is 7.53. The highest BCUT2D eigenvalue weighted by molar-refractivity contribution is 5.94. The van der Waals surface area contributed by atoms with Gasteiger partial charge < -0.3 is 25.2 Å². The van der Waals surface area contributed by atoms with Gasteiger partial charge in [-0.15, -0.1) is 0 Å². The molecular weight excluding hydrogens is 390 g/mol. The number of aliphatic imine (C=N–C) groups is 1. The van der Waals surface area contributed by atoms with Crippen LogP contribution in [0.15, 0.2) is 53.5 Å². The maximum absolute atomic E-state index is 12.2. The Kier molecular flexibility index (Phi) is 8.15. The van der Waals surface area contributed by atoms with Crippen molar-refractivity contribution in [1.82, 2.24) is 15.5 Å². The molecule has 1 amide bonds. The molecule has 1 heterocycles. The number of amides is 1. The van der Waals surface area contributed by atoms with Gasteiger partial charge in [0, 0.05) is 63.6 Å². The van der Waals surface area contributed by atoms with Crippen molar-refractivity contribution in [2.24, 2.45) is 4.99 Å². The molecule has 0 aromatic heterocycles. The molecule has 1 fully saturated rings. The number of hydrogen-bond acceptors (Lipinski definition) is 4. The summed E-state index contributed by atoms with van der Waals surface area (Å²) in [4.78, 5) is 21.3. The molecule has 0 bridgehead atoms. The van der Waals surface area contributed by atoms with Crippen LogP contribution >= 0.6 is 0 Å². The number of piperazine rings is 1. The van der Waals surface area contributed by atoms with Crippen LogP contribution in [0.3, 0.4) is 0 Å². The van der Waals surface area contributed by atoms with Crippen molar-refractivity contribution in [3.05, 3.63) is 59.7 Å². The third kappa shape index (κ3) is 6.13. The Labute approximate surface area is 185 Å². The molecule has 0 saturated carbocycles. The molecule has 31 heavy (non-hydrogen) atoms. The van der Waals surface area contributed by atoms with E-state index in [0.717, 1.165) is 49.9 Å². The van der Waals surface area contributed by atoms with Crippen molar-refractivity contribution in [1.29, 1.82) is 0 Å². The summed E-state index contributed by atoms with van der Waals surface area (Å²) < 4.78 is 5.35. The van der Waals surface area contributed by atoms with Crippen molar-refractivity contribution < 1.29 is 9.53 Å². The van der Waals surface area contributed by atoms with Crippen molar-refractivity contribution in [2.45, 2.75) is 19.9 Å². The number of anilines is 1. The summed E-state index contributed by atoms with van der Waals surface area (Å²) in [5.41, 5.74) is 2.93. The van der Waals surface area contributed by atoms with E-state index >= 15 is 0 Å². The molecule has 0 atom stereocenters. The number of nitrogens with zero attached hydrogens (tertiary/aromatic N) is 3. The zero-order valence-electron chi connectivity index (χ0n) is 18.7. The standard InChI is InChI=1S/C24H33N5O2/c1-4-11-26-23(30)20-8-5-7-19(16-20)18-27-24(25-2)29-14-12-28(13-15-29)21-9-6-10-22(17-21)31-3/h5-10,16-17H,4,11-15,18H2,1-3H3,(H,25,27)(H,26,30). The quantitative estimate of drug-likeness (QED) is 0.529. The van der Waals surface area contributed by atoms with E-state index < -0.39 is 0 Å². The Bertz CT molecular complexity index is 891. The molecule has 0 radical (unpaired) electrons. The first-order valence-corrected chi connectivity index (χ1v) is 10.9. The molecular formula is C24H33N5O2. The number of hydrogen-bond donors (Lipinski definition) is 2. The Morgan fingerprint density at radius 2 is 1.84 bits per heavy atom. The Morgan fingerprint density at radius 3 is 2.55 bits per heavy atom. The van der Waals surface area contributed by atoms with E-state index in [-0.39, 0.29) is 5.91 Å². The molecule has 1 saturated heterocycles. The Hall–Kier alpha value is -3.22. The van der Waals surface area contributed by atoms with E-state index in [9.17, 15) is 4.79 Å². The van der Waals surface area contributed by atoms with E-state index in [1.807, 2.05) is 50.4 Å². The summed E-state index contributed by atoms with van der Waals surface area (Å²) >= 11 is 0. The molecule has 166 valence electrons. The predicted octanol–water partition coefficient (Wildman–Crippen LogP) is 2.73. The molecule has 2 N–H and O–H groups in total. The van der Waals surface area contributed by atoms with Gasteiger partial charge in [0.1, 0.15) is 5.75 Å². The van der Waals surface area contributed by atoms with Crippen molar-refractivity contribution in [2.75, 3.05) is 51.8 Å². The molecule has 7 heteroatoms. The largest absolute Gasteiger partial charge is 0.497 e. The lowest BCUT2D eigenvalue weighted by Crippen LogP contribution is -2.52. The smallest absolute Gasteiger partial charge is 0.251 e. The number of methoxy groups -OCH3 is 1. The van der Waals surface area contributed by atoms with Crippen LogP contribution in [-0.2, 0) is 6.54 Å². The van der Waals surface area contributed by atoms with Gasteiger partial charge in [0.15, 0.2) is 5.96 Å². The zero-order chi connectivity index (χ0) is 22.1. The van der Waals surface area contributed by atoms with E-state index in [2.05, 4.69) is 37.6 Å². The number of benzene rings is 2. The highest BCUT2D eigenvalue weighted by atomic mass is 16.5. The van der Waals surface area contributed by atoms with E-state index in [0.29, 0.717) is 18.7 Å². The lowest BCUT2D eigenvalue weighted by Gasteiger charge is -2.37. The van der Waals surface area contributed by atoms with E-state index in [1.54, 1.807) is 7.11 Å². The summed E-state index contributed by atoms with van der Waals surface area (Å²) in [6.07, 6.45) is 0.925. The van der Waals surface area contributed by atoms with E-state index in [4.69, 9.17) is 4.74 Å². The van der Waals surface area contributed by atoms with Gasteiger partial charge in [-0.1, -0.05) is 25.1 Å². The van der Waals surface area contributed by atoms with Crippen LogP contribution < -0.4 is 20.3 Å². The Balaban J connectivity index is 1.54. The first-order chi connectivity index (χ1) is 15.1. The van der Waals surface area contributed by atoms with Crippen LogP contribution in [0.25, 0.3) is 0 Å². The topological polar surface area (TPSA) is 69.2 Å². The van der Waals surface area contributed by atoms with Gasteiger partial charge in [0.25, 0.3) is 5.91 Å². The number of carbonyl (C=O) groups excluding carboxylic acids is 1. The molecule has 0 spiro atoms. The molecule has 2 aromatic carbocycles. The zero-order valence-corrected chi connectivity index (χ0v) is 18.7. The second-order valence-electron chi connectivity index (χ2n) is 7.53. The molecule has 2 aromatic rings. The van der Waals surface area contributed by atoms with Crippen molar-refractivity contribution in [3.63, 3.8) is 0 Å². The lowest BCUT2D eigenvalue weighted by molar-refractivity contribution is 0.0953. The normalized spacial score (nSPS) is 14.4. The van der Waals surface area contributed by atoms with Gasteiger partial charge in [-0.3, -0.25) is 9.79 Å². The van der Waals surface area contributed by atoms with Crippen molar-refractivity contribution >= 4 is 17.6 Å². The number of ether oxygens (including phenoxy) is 1. The predicted molar refractivity (Wildman–Crippen MR) is 126 cm³/mol. The molecule has 3 rings (SSSR count). The molecule has 0 aliphatic carbocycles. The average molecular weight is 424 g/mol. The maximum atomic E-state index is 12.2. The fraction of sp³-hybridized carbons (Fsp3) is 0.417. The minimum Gasteiger partial charge on any atom is -0.497 e. The van der Waals surface area contributed by atoms with Crippen LogP contribution in [-0.4, -0.2) is 63.6 Å². The highest BCUT2D eigenvalue weighted by Gasteiger charge is 2.20. The van der Waals surface area contributed by atoms with Gasteiger partial charge >= 0.3 is 0 Å². The van der Waals surface area contributed by atoms with Gasteiger partial charge in [-0.05, 0) is 36.2 Å². The average Bonchev–Trinajstić information content (AvgIpc) is 2.83. The lowest BCUT2D eigenvalue weighted by atomic mass is 10.1.